The molecule has 0 aliphatic carbocycles. The Morgan fingerprint density at radius 1 is 1.17 bits per heavy atom. The smallest absolute Gasteiger partial charge is 0.230 e. The van der Waals surface area contributed by atoms with Gasteiger partial charge >= 0.3 is 0 Å². The standard InChI is InChI=1S/C17H13BrCl2N2OS/c18-11-2-3-12-15(6-11)21-8-16(12)24-9-17(23)22-7-10-1-4-13(19)14(20)5-10/h1-6,8,21H,7,9H2,(H,22,23). The summed E-state index contributed by atoms with van der Waals surface area (Å²) in [6.07, 6.45) is 1.92. The van der Waals surface area contributed by atoms with Crippen LogP contribution in [0.4, 0.5) is 0 Å². The largest absolute Gasteiger partial charge is 0.360 e. The normalized spacial score (nSPS) is 11.0. The second-order valence-electron chi connectivity index (χ2n) is 5.16. The van der Waals surface area contributed by atoms with Gasteiger partial charge in [0.1, 0.15) is 0 Å². The second-order valence-corrected chi connectivity index (χ2v) is 7.90. The number of rotatable bonds is 5. The molecule has 3 nitrogen and oxygen atoms in total. The molecule has 0 spiro atoms. The molecule has 0 saturated heterocycles. The summed E-state index contributed by atoms with van der Waals surface area (Å²) in [6, 6.07) is 11.4. The molecule has 0 radical (unpaired) electrons. The van der Waals surface area contributed by atoms with Gasteiger partial charge in [-0.3, -0.25) is 4.79 Å². The maximum Gasteiger partial charge on any atom is 0.230 e. The van der Waals surface area contributed by atoms with Crippen LogP contribution in [0.25, 0.3) is 10.9 Å². The van der Waals surface area contributed by atoms with Gasteiger partial charge in [-0.25, -0.2) is 0 Å². The molecule has 7 heteroatoms. The van der Waals surface area contributed by atoms with E-state index in [1.807, 2.05) is 30.5 Å². The minimum atomic E-state index is -0.0301. The molecule has 0 atom stereocenters. The number of hydrogen-bond donors (Lipinski definition) is 2. The number of hydrogen-bond acceptors (Lipinski definition) is 2. The lowest BCUT2D eigenvalue weighted by molar-refractivity contribution is -0.118. The van der Waals surface area contributed by atoms with E-state index in [1.54, 1.807) is 12.1 Å². The third-order valence-electron chi connectivity index (χ3n) is 3.44. The van der Waals surface area contributed by atoms with Crippen molar-refractivity contribution in [3.8, 4) is 0 Å². The number of H-pyrrole nitrogens is 1. The van der Waals surface area contributed by atoms with E-state index in [-0.39, 0.29) is 5.91 Å². The number of carbonyl (C=O) groups excluding carboxylic acids is 1. The Morgan fingerprint density at radius 2 is 2.00 bits per heavy atom. The summed E-state index contributed by atoms with van der Waals surface area (Å²) < 4.78 is 1.02. The molecule has 1 heterocycles. The van der Waals surface area contributed by atoms with Crippen molar-refractivity contribution in [1.29, 1.82) is 0 Å². The highest BCUT2D eigenvalue weighted by molar-refractivity contribution is 9.10. The van der Waals surface area contributed by atoms with Crippen molar-refractivity contribution in [2.24, 2.45) is 0 Å². The highest BCUT2D eigenvalue weighted by Crippen LogP contribution is 2.29. The third-order valence-corrected chi connectivity index (χ3v) is 5.73. The number of halogens is 3. The first-order chi connectivity index (χ1) is 11.5. The zero-order valence-corrected chi connectivity index (χ0v) is 16.3. The van der Waals surface area contributed by atoms with Crippen molar-refractivity contribution in [3.63, 3.8) is 0 Å². The van der Waals surface area contributed by atoms with Crippen LogP contribution in [0.5, 0.6) is 0 Å². The molecule has 24 heavy (non-hydrogen) atoms. The summed E-state index contributed by atoms with van der Waals surface area (Å²) in [5, 5.41) is 4.99. The molecule has 3 aromatic rings. The van der Waals surface area contributed by atoms with Crippen LogP contribution in [-0.2, 0) is 11.3 Å². The summed E-state index contributed by atoms with van der Waals surface area (Å²) in [7, 11) is 0. The Bertz CT molecular complexity index is 897. The Morgan fingerprint density at radius 3 is 2.79 bits per heavy atom. The number of aromatic nitrogens is 1. The lowest BCUT2D eigenvalue weighted by atomic mass is 10.2. The predicted octanol–water partition coefficient (Wildman–Crippen LogP) is 5.65. The zero-order valence-electron chi connectivity index (χ0n) is 12.4. The molecule has 0 bridgehead atoms. The maximum atomic E-state index is 12.0. The van der Waals surface area contributed by atoms with Crippen molar-refractivity contribution >= 4 is 67.7 Å². The average Bonchev–Trinajstić information content (AvgIpc) is 2.96. The van der Waals surface area contributed by atoms with Gasteiger partial charge in [-0.15, -0.1) is 11.8 Å². The van der Waals surface area contributed by atoms with Crippen molar-refractivity contribution in [2.45, 2.75) is 11.4 Å². The minimum Gasteiger partial charge on any atom is -0.360 e. The van der Waals surface area contributed by atoms with E-state index in [1.165, 1.54) is 11.8 Å². The summed E-state index contributed by atoms with van der Waals surface area (Å²) in [4.78, 5) is 16.3. The number of carbonyl (C=O) groups is 1. The van der Waals surface area contributed by atoms with E-state index in [2.05, 4.69) is 26.2 Å². The number of aromatic amines is 1. The van der Waals surface area contributed by atoms with E-state index in [0.717, 1.165) is 25.8 Å². The number of amides is 1. The molecule has 3 rings (SSSR count). The number of benzene rings is 2. The van der Waals surface area contributed by atoms with Crippen molar-refractivity contribution < 1.29 is 4.79 Å². The number of fused-ring (bicyclic) bond motifs is 1. The van der Waals surface area contributed by atoms with Crippen molar-refractivity contribution in [3.05, 3.63) is 62.7 Å². The van der Waals surface area contributed by atoms with E-state index in [0.29, 0.717) is 22.3 Å². The van der Waals surface area contributed by atoms with E-state index >= 15 is 0 Å². The quantitative estimate of drug-likeness (QED) is 0.500. The first-order valence-electron chi connectivity index (χ1n) is 7.13. The van der Waals surface area contributed by atoms with Gasteiger partial charge < -0.3 is 10.3 Å². The summed E-state index contributed by atoms with van der Waals surface area (Å²) in [6.45, 7) is 0.428. The molecule has 124 valence electrons. The SMILES string of the molecule is O=C(CSc1c[nH]c2cc(Br)ccc12)NCc1ccc(Cl)c(Cl)c1. The third kappa shape index (κ3) is 4.28. The van der Waals surface area contributed by atoms with Gasteiger partial charge in [-0.1, -0.05) is 51.3 Å². The Balaban J connectivity index is 1.56. The maximum absolute atomic E-state index is 12.0. The Hall–Kier alpha value is -1.14. The van der Waals surface area contributed by atoms with E-state index in [9.17, 15) is 4.79 Å². The molecular formula is C17H13BrCl2N2OS. The summed E-state index contributed by atoms with van der Waals surface area (Å²) in [5.74, 6) is 0.321. The van der Waals surface area contributed by atoms with E-state index < -0.39 is 0 Å². The lowest BCUT2D eigenvalue weighted by Gasteiger charge is -2.06. The van der Waals surface area contributed by atoms with Crippen molar-refractivity contribution in [1.82, 2.24) is 10.3 Å². The molecular weight excluding hydrogens is 431 g/mol. The molecule has 0 unspecified atom stereocenters. The highest BCUT2D eigenvalue weighted by Gasteiger charge is 2.08. The van der Waals surface area contributed by atoms with Crippen LogP contribution >= 0.6 is 50.9 Å². The van der Waals surface area contributed by atoms with Crippen LogP contribution in [0, 0.1) is 0 Å². The fourth-order valence-electron chi connectivity index (χ4n) is 2.24. The lowest BCUT2D eigenvalue weighted by Crippen LogP contribution is -2.24. The van der Waals surface area contributed by atoms with Crippen LogP contribution in [0.2, 0.25) is 10.0 Å². The fourth-order valence-corrected chi connectivity index (χ4v) is 3.78. The van der Waals surface area contributed by atoms with Crippen LogP contribution in [0.15, 0.2) is 52.0 Å². The van der Waals surface area contributed by atoms with Crippen LogP contribution in [0.3, 0.4) is 0 Å². The Kier molecular flexibility index (Phi) is 5.76. The molecule has 2 N–H and O–H groups in total. The zero-order chi connectivity index (χ0) is 17.1. The Labute approximate surface area is 162 Å². The molecule has 0 saturated carbocycles. The number of thioether (sulfide) groups is 1. The van der Waals surface area contributed by atoms with Crippen LogP contribution in [0.1, 0.15) is 5.56 Å². The predicted molar refractivity (Wildman–Crippen MR) is 105 cm³/mol. The first kappa shape index (κ1) is 17.7. The summed E-state index contributed by atoms with van der Waals surface area (Å²) in [5.41, 5.74) is 1.96. The molecule has 1 aromatic heterocycles. The molecule has 0 aliphatic heterocycles. The topological polar surface area (TPSA) is 44.9 Å². The van der Waals surface area contributed by atoms with Gasteiger partial charge in [0.05, 0.1) is 15.8 Å². The van der Waals surface area contributed by atoms with Gasteiger partial charge in [0.15, 0.2) is 0 Å². The first-order valence-corrected chi connectivity index (χ1v) is 9.66. The molecule has 0 fully saturated rings. The van der Waals surface area contributed by atoms with Gasteiger partial charge in [-0.05, 0) is 29.8 Å². The van der Waals surface area contributed by atoms with Gasteiger partial charge in [0.2, 0.25) is 5.91 Å². The highest BCUT2D eigenvalue weighted by atomic mass is 79.9. The second kappa shape index (κ2) is 7.83. The van der Waals surface area contributed by atoms with Gasteiger partial charge in [0.25, 0.3) is 0 Å². The van der Waals surface area contributed by atoms with Crippen LogP contribution < -0.4 is 5.32 Å². The fraction of sp³-hybridized carbons (Fsp3) is 0.118. The molecule has 0 aliphatic rings. The van der Waals surface area contributed by atoms with Crippen molar-refractivity contribution in [2.75, 3.05) is 5.75 Å². The average molecular weight is 444 g/mol. The summed E-state index contributed by atoms with van der Waals surface area (Å²) >= 11 is 16.8. The molecule has 2 aromatic carbocycles. The monoisotopic (exact) mass is 442 g/mol. The van der Waals surface area contributed by atoms with Gasteiger partial charge in [-0.2, -0.15) is 0 Å². The molecule has 1 amide bonds. The van der Waals surface area contributed by atoms with E-state index in [4.69, 9.17) is 23.2 Å². The number of nitrogens with one attached hydrogen (secondary N) is 2. The minimum absolute atomic E-state index is 0.0301. The van der Waals surface area contributed by atoms with Crippen LogP contribution in [-0.4, -0.2) is 16.6 Å². The van der Waals surface area contributed by atoms with Gasteiger partial charge in [0, 0.05) is 33.0 Å².